The first-order chi connectivity index (χ1) is 12.3. The van der Waals surface area contributed by atoms with Gasteiger partial charge in [-0.1, -0.05) is 31.4 Å². The van der Waals surface area contributed by atoms with Gasteiger partial charge in [-0.15, -0.1) is 12.4 Å². The molecule has 1 aromatic heterocycles. The van der Waals surface area contributed by atoms with Crippen molar-refractivity contribution >= 4 is 24.1 Å². The number of aromatic nitrogens is 1. The summed E-state index contributed by atoms with van der Waals surface area (Å²) in [6.45, 7) is 1.14. The summed E-state index contributed by atoms with van der Waals surface area (Å²) in [7, 11) is 0. The standard InChI is InChI=1S/C20H25N3O2.ClH/c21-13-15-8-10-17(11-9-15)20(24)23-19-18(7-4-12-22-19)25-14-16-5-2-1-3-6-16;/h4,7-12,16H,1-3,5-6,13-14,21H2,(H,22,23,24);1H. The molecule has 1 fully saturated rings. The van der Waals surface area contributed by atoms with Gasteiger partial charge in [0.15, 0.2) is 11.6 Å². The molecule has 0 aliphatic heterocycles. The Kier molecular flexibility index (Phi) is 7.88. The number of carbonyl (C=O) groups excluding carboxylic acids is 1. The highest BCUT2D eigenvalue weighted by atomic mass is 35.5. The van der Waals surface area contributed by atoms with Gasteiger partial charge in [0.05, 0.1) is 6.61 Å². The number of hydrogen-bond acceptors (Lipinski definition) is 4. The fraction of sp³-hybridized carbons (Fsp3) is 0.400. The lowest BCUT2D eigenvalue weighted by atomic mass is 9.90. The number of amides is 1. The maximum Gasteiger partial charge on any atom is 0.256 e. The zero-order valence-corrected chi connectivity index (χ0v) is 15.6. The summed E-state index contributed by atoms with van der Waals surface area (Å²) in [6, 6.07) is 10.9. The summed E-state index contributed by atoms with van der Waals surface area (Å²) in [5.74, 6) is 1.48. The van der Waals surface area contributed by atoms with Crippen molar-refractivity contribution in [2.75, 3.05) is 11.9 Å². The summed E-state index contributed by atoms with van der Waals surface area (Å²) in [4.78, 5) is 16.7. The lowest BCUT2D eigenvalue weighted by Gasteiger charge is -2.22. The number of pyridine rings is 1. The number of anilines is 1. The molecule has 5 nitrogen and oxygen atoms in total. The summed E-state index contributed by atoms with van der Waals surface area (Å²) in [6.07, 6.45) is 7.98. The van der Waals surface area contributed by atoms with E-state index in [1.807, 2.05) is 24.3 Å². The molecule has 26 heavy (non-hydrogen) atoms. The summed E-state index contributed by atoms with van der Waals surface area (Å²) in [5.41, 5.74) is 7.15. The molecule has 0 atom stereocenters. The Labute approximate surface area is 160 Å². The lowest BCUT2D eigenvalue weighted by Crippen LogP contribution is -2.17. The number of halogens is 1. The molecule has 140 valence electrons. The van der Waals surface area contributed by atoms with Gasteiger partial charge < -0.3 is 15.8 Å². The zero-order chi connectivity index (χ0) is 17.5. The maximum atomic E-state index is 12.4. The van der Waals surface area contributed by atoms with Crippen LogP contribution in [0, 0.1) is 5.92 Å². The molecular formula is C20H26ClN3O2. The van der Waals surface area contributed by atoms with Gasteiger partial charge in [-0.2, -0.15) is 0 Å². The van der Waals surface area contributed by atoms with E-state index in [0.717, 1.165) is 5.56 Å². The van der Waals surface area contributed by atoms with Gasteiger partial charge in [-0.25, -0.2) is 4.98 Å². The van der Waals surface area contributed by atoms with Gasteiger partial charge in [0.1, 0.15) is 0 Å². The fourth-order valence-corrected chi connectivity index (χ4v) is 3.13. The molecule has 1 aliphatic rings. The molecule has 6 heteroatoms. The van der Waals surface area contributed by atoms with Crippen molar-refractivity contribution in [3.63, 3.8) is 0 Å². The van der Waals surface area contributed by atoms with Crippen LogP contribution in [0.2, 0.25) is 0 Å². The molecule has 0 bridgehead atoms. The van der Waals surface area contributed by atoms with Crippen molar-refractivity contribution in [3.8, 4) is 5.75 Å². The average Bonchev–Trinajstić information content (AvgIpc) is 2.68. The van der Waals surface area contributed by atoms with E-state index in [2.05, 4.69) is 10.3 Å². The smallest absolute Gasteiger partial charge is 0.256 e. The Balaban J connectivity index is 0.00000243. The fourth-order valence-electron chi connectivity index (χ4n) is 3.13. The first-order valence-corrected chi connectivity index (χ1v) is 8.94. The molecular weight excluding hydrogens is 350 g/mol. The highest BCUT2D eigenvalue weighted by molar-refractivity contribution is 6.04. The van der Waals surface area contributed by atoms with Crippen LogP contribution < -0.4 is 15.8 Å². The Morgan fingerprint density at radius 2 is 1.88 bits per heavy atom. The molecule has 3 rings (SSSR count). The minimum Gasteiger partial charge on any atom is -0.489 e. The maximum absolute atomic E-state index is 12.4. The molecule has 1 saturated carbocycles. The predicted octanol–water partition coefficient (Wildman–Crippen LogP) is 4.17. The van der Waals surface area contributed by atoms with E-state index in [-0.39, 0.29) is 18.3 Å². The monoisotopic (exact) mass is 375 g/mol. The van der Waals surface area contributed by atoms with E-state index in [1.54, 1.807) is 18.3 Å². The van der Waals surface area contributed by atoms with Gasteiger partial charge in [0.25, 0.3) is 5.91 Å². The van der Waals surface area contributed by atoms with Crippen LogP contribution >= 0.6 is 12.4 Å². The first kappa shape index (κ1) is 20.2. The quantitative estimate of drug-likeness (QED) is 0.794. The van der Waals surface area contributed by atoms with Crippen LogP contribution in [0.3, 0.4) is 0 Å². The van der Waals surface area contributed by atoms with Gasteiger partial charge in [-0.3, -0.25) is 4.79 Å². The van der Waals surface area contributed by atoms with Crippen LogP contribution in [0.5, 0.6) is 5.75 Å². The number of nitrogens with zero attached hydrogens (tertiary/aromatic N) is 1. The minimum atomic E-state index is -0.204. The normalized spacial score (nSPS) is 14.3. The van der Waals surface area contributed by atoms with Gasteiger partial charge in [0, 0.05) is 18.3 Å². The topological polar surface area (TPSA) is 77.2 Å². The van der Waals surface area contributed by atoms with E-state index in [0.29, 0.717) is 36.2 Å². The molecule has 1 heterocycles. The van der Waals surface area contributed by atoms with E-state index in [1.165, 1.54) is 32.1 Å². The largest absolute Gasteiger partial charge is 0.489 e. The average molecular weight is 376 g/mol. The molecule has 3 N–H and O–H groups in total. The second kappa shape index (κ2) is 10.1. The number of nitrogens with two attached hydrogens (primary N) is 1. The summed E-state index contributed by atoms with van der Waals surface area (Å²) >= 11 is 0. The van der Waals surface area contributed by atoms with Crippen LogP contribution in [-0.4, -0.2) is 17.5 Å². The van der Waals surface area contributed by atoms with E-state index < -0.39 is 0 Å². The summed E-state index contributed by atoms with van der Waals surface area (Å²) < 4.78 is 5.96. The molecule has 0 unspecified atom stereocenters. The van der Waals surface area contributed by atoms with E-state index in [9.17, 15) is 4.79 Å². The van der Waals surface area contributed by atoms with Crippen LogP contribution in [0.1, 0.15) is 48.0 Å². The van der Waals surface area contributed by atoms with Gasteiger partial charge in [-0.05, 0) is 48.6 Å². The van der Waals surface area contributed by atoms with Gasteiger partial charge in [0.2, 0.25) is 0 Å². The number of hydrogen-bond donors (Lipinski definition) is 2. The van der Waals surface area contributed by atoms with Crippen molar-refractivity contribution < 1.29 is 9.53 Å². The Morgan fingerprint density at radius 1 is 1.15 bits per heavy atom. The van der Waals surface area contributed by atoms with Crippen molar-refractivity contribution in [3.05, 3.63) is 53.7 Å². The second-order valence-corrected chi connectivity index (χ2v) is 6.52. The molecule has 0 saturated heterocycles. The number of ether oxygens (including phenoxy) is 1. The number of rotatable bonds is 6. The third kappa shape index (κ3) is 5.44. The van der Waals surface area contributed by atoms with Crippen molar-refractivity contribution in [1.82, 2.24) is 4.98 Å². The Bertz CT molecular complexity index is 700. The van der Waals surface area contributed by atoms with E-state index in [4.69, 9.17) is 10.5 Å². The molecule has 2 aromatic rings. The van der Waals surface area contributed by atoms with Crippen LogP contribution in [0.15, 0.2) is 42.6 Å². The molecule has 0 spiro atoms. The highest BCUT2D eigenvalue weighted by Crippen LogP contribution is 2.27. The third-order valence-electron chi connectivity index (χ3n) is 4.65. The molecule has 1 aliphatic carbocycles. The van der Waals surface area contributed by atoms with Crippen molar-refractivity contribution in [2.24, 2.45) is 11.7 Å². The minimum absolute atomic E-state index is 0. The van der Waals surface area contributed by atoms with Crippen molar-refractivity contribution in [1.29, 1.82) is 0 Å². The number of benzene rings is 1. The first-order valence-electron chi connectivity index (χ1n) is 8.94. The third-order valence-corrected chi connectivity index (χ3v) is 4.65. The van der Waals surface area contributed by atoms with Crippen LogP contribution in [-0.2, 0) is 6.54 Å². The second-order valence-electron chi connectivity index (χ2n) is 6.52. The molecule has 0 radical (unpaired) electrons. The van der Waals surface area contributed by atoms with Crippen molar-refractivity contribution in [2.45, 2.75) is 38.6 Å². The Morgan fingerprint density at radius 3 is 2.58 bits per heavy atom. The number of carbonyl (C=O) groups is 1. The Hall–Kier alpha value is -2.11. The molecule has 1 amide bonds. The van der Waals surface area contributed by atoms with Crippen LogP contribution in [0.25, 0.3) is 0 Å². The number of nitrogens with one attached hydrogen (secondary N) is 1. The highest BCUT2D eigenvalue weighted by Gasteiger charge is 2.16. The zero-order valence-electron chi connectivity index (χ0n) is 14.8. The lowest BCUT2D eigenvalue weighted by molar-refractivity contribution is 0.102. The predicted molar refractivity (Wildman–Crippen MR) is 106 cm³/mol. The summed E-state index contributed by atoms with van der Waals surface area (Å²) in [5, 5.41) is 2.85. The van der Waals surface area contributed by atoms with Crippen LogP contribution in [0.4, 0.5) is 5.82 Å². The van der Waals surface area contributed by atoms with Gasteiger partial charge >= 0.3 is 0 Å². The molecule has 1 aromatic carbocycles. The SMILES string of the molecule is Cl.NCc1ccc(C(=O)Nc2ncccc2OCC2CCCCC2)cc1. The van der Waals surface area contributed by atoms with E-state index >= 15 is 0 Å².